The molecule has 1 aromatic heterocycles. The van der Waals surface area contributed by atoms with Gasteiger partial charge in [0.05, 0.1) is 5.56 Å². The summed E-state index contributed by atoms with van der Waals surface area (Å²) in [6.45, 7) is 4.00. The van der Waals surface area contributed by atoms with Gasteiger partial charge in [0, 0.05) is 24.6 Å². The Morgan fingerprint density at radius 1 is 1.50 bits per heavy atom. The Balaban J connectivity index is 2.60. The van der Waals surface area contributed by atoms with Gasteiger partial charge in [-0.05, 0) is 6.07 Å². The van der Waals surface area contributed by atoms with Crippen molar-refractivity contribution in [3.8, 4) is 0 Å². The van der Waals surface area contributed by atoms with Crippen molar-refractivity contribution >= 4 is 5.91 Å². The SMILES string of the molecule is CC(C)(CO)CNC(=O)c1ccc(=O)oc1. The number of rotatable bonds is 4. The summed E-state index contributed by atoms with van der Waals surface area (Å²) in [5.41, 5.74) is -0.578. The molecule has 1 heterocycles. The average Bonchev–Trinajstić information content (AvgIpc) is 2.27. The Bertz CT molecular complexity index is 402. The number of hydrogen-bond donors (Lipinski definition) is 2. The van der Waals surface area contributed by atoms with Gasteiger partial charge in [-0.15, -0.1) is 0 Å². The lowest BCUT2D eigenvalue weighted by molar-refractivity contribution is 0.0908. The number of nitrogens with one attached hydrogen (secondary N) is 1. The van der Waals surface area contributed by atoms with Gasteiger partial charge in [-0.2, -0.15) is 0 Å². The van der Waals surface area contributed by atoms with Gasteiger partial charge in [-0.25, -0.2) is 4.79 Å². The summed E-state index contributed by atoms with van der Waals surface area (Å²) >= 11 is 0. The van der Waals surface area contributed by atoms with E-state index < -0.39 is 5.63 Å². The van der Waals surface area contributed by atoms with Crippen LogP contribution in [-0.2, 0) is 0 Å². The summed E-state index contributed by atoms with van der Waals surface area (Å²) in [7, 11) is 0. The first-order valence-electron chi connectivity index (χ1n) is 4.92. The molecule has 1 amide bonds. The molecule has 5 heteroatoms. The van der Waals surface area contributed by atoms with E-state index in [1.807, 2.05) is 13.8 Å². The molecule has 0 saturated heterocycles. The summed E-state index contributed by atoms with van der Waals surface area (Å²) in [5, 5.41) is 11.7. The van der Waals surface area contributed by atoms with Crippen LogP contribution in [0.3, 0.4) is 0 Å². The number of carbonyl (C=O) groups excluding carboxylic acids is 1. The Hall–Kier alpha value is -1.62. The maximum absolute atomic E-state index is 11.6. The topological polar surface area (TPSA) is 79.5 Å². The molecule has 0 aliphatic carbocycles. The van der Waals surface area contributed by atoms with Crippen LogP contribution >= 0.6 is 0 Å². The summed E-state index contributed by atoms with van der Waals surface area (Å²) in [4.78, 5) is 22.2. The van der Waals surface area contributed by atoms with Gasteiger partial charge >= 0.3 is 5.63 Å². The summed E-state index contributed by atoms with van der Waals surface area (Å²) in [5.74, 6) is -0.328. The van der Waals surface area contributed by atoms with Gasteiger partial charge in [0.15, 0.2) is 0 Å². The fourth-order valence-electron chi connectivity index (χ4n) is 0.965. The average molecular weight is 225 g/mol. The Labute approximate surface area is 93.1 Å². The quantitative estimate of drug-likeness (QED) is 0.776. The molecule has 5 nitrogen and oxygen atoms in total. The van der Waals surface area contributed by atoms with Crippen molar-refractivity contribution in [2.75, 3.05) is 13.2 Å². The largest absolute Gasteiger partial charge is 0.430 e. The zero-order chi connectivity index (χ0) is 12.2. The molecule has 0 unspecified atom stereocenters. The molecular formula is C11H15NO4. The molecule has 0 atom stereocenters. The molecule has 0 radical (unpaired) electrons. The van der Waals surface area contributed by atoms with E-state index in [0.717, 1.165) is 6.26 Å². The lowest BCUT2D eigenvalue weighted by Gasteiger charge is -2.21. The van der Waals surface area contributed by atoms with Crippen molar-refractivity contribution in [1.82, 2.24) is 5.32 Å². The van der Waals surface area contributed by atoms with Crippen molar-refractivity contribution in [3.63, 3.8) is 0 Å². The second-order valence-electron chi connectivity index (χ2n) is 4.35. The predicted molar refractivity (Wildman–Crippen MR) is 58.2 cm³/mol. The smallest absolute Gasteiger partial charge is 0.335 e. The molecule has 1 aromatic rings. The molecule has 2 N–H and O–H groups in total. The Morgan fingerprint density at radius 2 is 2.19 bits per heavy atom. The number of aliphatic hydroxyl groups excluding tert-OH is 1. The third kappa shape index (κ3) is 3.51. The summed E-state index contributed by atoms with van der Waals surface area (Å²) in [6, 6.07) is 2.58. The first kappa shape index (κ1) is 12.4. The maximum atomic E-state index is 11.6. The summed E-state index contributed by atoms with van der Waals surface area (Å²) < 4.78 is 4.57. The summed E-state index contributed by atoms with van der Waals surface area (Å²) in [6.07, 6.45) is 1.11. The minimum Gasteiger partial charge on any atom is -0.430 e. The minimum atomic E-state index is -0.493. The number of amides is 1. The molecule has 16 heavy (non-hydrogen) atoms. The van der Waals surface area contributed by atoms with Crippen molar-refractivity contribution < 1.29 is 14.3 Å². The zero-order valence-electron chi connectivity index (χ0n) is 9.32. The Morgan fingerprint density at radius 3 is 2.69 bits per heavy atom. The molecule has 0 spiro atoms. The lowest BCUT2D eigenvalue weighted by atomic mass is 9.95. The molecule has 0 aromatic carbocycles. The van der Waals surface area contributed by atoms with E-state index in [-0.39, 0.29) is 23.5 Å². The highest BCUT2D eigenvalue weighted by molar-refractivity contribution is 5.93. The second kappa shape index (κ2) is 4.94. The van der Waals surface area contributed by atoms with Crippen LogP contribution in [0.4, 0.5) is 0 Å². The number of aliphatic hydroxyl groups is 1. The van der Waals surface area contributed by atoms with E-state index in [4.69, 9.17) is 5.11 Å². The van der Waals surface area contributed by atoms with Gasteiger partial charge in [0.25, 0.3) is 5.91 Å². The van der Waals surface area contributed by atoms with E-state index in [2.05, 4.69) is 9.73 Å². The first-order valence-corrected chi connectivity index (χ1v) is 4.92. The molecular weight excluding hydrogens is 210 g/mol. The van der Waals surface area contributed by atoms with Crippen molar-refractivity contribution in [2.24, 2.45) is 5.41 Å². The highest BCUT2D eigenvalue weighted by Crippen LogP contribution is 2.11. The molecule has 1 rings (SSSR count). The fraction of sp³-hybridized carbons (Fsp3) is 0.455. The third-order valence-electron chi connectivity index (χ3n) is 2.12. The van der Waals surface area contributed by atoms with Crippen LogP contribution < -0.4 is 10.9 Å². The Kier molecular flexibility index (Phi) is 3.84. The van der Waals surface area contributed by atoms with Gasteiger partial charge < -0.3 is 14.8 Å². The highest BCUT2D eigenvalue weighted by Gasteiger charge is 2.18. The van der Waals surface area contributed by atoms with Gasteiger partial charge in [0.1, 0.15) is 6.26 Å². The third-order valence-corrected chi connectivity index (χ3v) is 2.12. The maximum Gasteiger partial charge on any atom is 0.335 e. The van der Waals surface area contributed by atoms with Gasteiger partial charge in [-0.3, -0.25) is 4.79 Å². The molecule has 0 fully saturated rings. The van der Waals surface area contributed by atoms with Crippen LogP contribution in [0.5, 0.6) is 0 Å². The van der Waals surface area contributed by atoms with Crippen LogP contribution in [-0.4, -0.2) is 24.2 Å². The van der Waals surface area contributed by atoms with Gasteiger partial charge in [-0.1, -0.05) is 13.8 Å². The predicted octanol–water partition coefficient (Wildman–Crippen LogP) is 0.388. The first-order chi connectivity index (χ1) is 7.44. The van der Waals surface area contributed by atoms with Crippen LogP contribution in [0.1, 0.15) is 24.2 Å². The van der Waals surface area contributed by atoms with E-state index in [1.165, 1.54) is 12.1 Å². The standard InChI is InChI=1S/C11H15NO4/c1-11(2,7-13)6-12-10(15)8-3-4-9(14)16-5-8/h3-5,13H,6-7H2,1-2H3,(H,12,15). The normalized spacial score (nSPS) is 11.2. The number of hydrogen-bond acceptors (Lipinski definition) is 4. The molecule has 0 bridgehead atoms. The fourth-order valence-corrected chi connectivity index (χ4v) is 0.965. The molecule has 88 valence electrons. The van der Waals surface area contributed by atoms with Crippen LogP contribution in [0.2, 0.25) is 0 Å². The van der Waals surface area contributed by atoms with E-state index in [0.29, 0.717) is 6.54 Å². The van der Waals surface area contributed by atoms with Crippen molar-refractivity contribution in [3.05, 3.63) is 34.4 Å². The van der Waals surface area contributed by atoms with E-state index in [1.54, 1.807) is 0 Å². The van der Waals surface area contributed by atoms with Crippen molar-refractivity contribution in [1.29, 1.82) is 0 Å². The molecule has 0 saturated carbocycles. The highest BCUT2D eigenvalue weighted by atomic mass is 16.4. The van der Waals surface area contributed by atoms with Crippen LogP contribution in [0, 0.1) is 5.41 Å². The zero-order valence-corrected chi connectivity index (χ0v) is 9.32. The van der Waals surface area contributed by atoms with E-state index >= 15 is 0 Å². The van der Waals surface area contributed by atoms with Crippen LogP contribution in [0.15, 0.2) is 27.6 Å². The molecule has 0 aliphatic heterocycles. The van der Waals surface area contributed by atoms with Crippen LogP contribution in [0.25, 0.3) is 0 Å². The van der Waals surface area contributed by atoms with Crippen molar-refractivity contribution in [2.45, 2.75) is 13.8 Å². The van der Waals surface area contributed by atoms with Gasteiger partial charge in [0.2, 0.25) is 0 Å². The number of carbonyl (C=O) groups is 1. The monoisotopic (exact) mass is 225 g/mol. The second-order valence-corrected chi connectivity index (χ2v) is 4.35. The molecule has 0 aliphatic rings. The lowest BCUT2D eigenvalue weighted by Crippen LogP contribution is -2.36. The van der Waals surface area contributed by atoms with E-state index in [9.17, 15) is 9.59 Å². The minimum absolute atomic E-state index is 0.0167.